The second kappa shape index (κ2) is 7.60. The van der Waals surface area contributed by atoms with Crippen LogP contribution < -0.4 is 10.5 Å². The molecule has 5 rings (SSSR count). The molecule has 1 aliphatic heterocycles. The second-order valence-electron chi connectivity index (χ2n) is 7.95. The summed E-state index contributed by atoms with van der Waals surface area (Å²) in [6, 6.07) is 5.68. The number of nitrogens with two attached hydrogens (primary N) is 1. The fraction of sp³-hybridized carbons (Fsp3) is 0.208. The standard InChI is InChI=1S/C24H19ClFN3O3/c1-12-14(6-3-7-28-12)24(31)29(10-18-15-4-2-5-16(18)21(15)23(27)30)20-11-32-22-17(20)8-13(25)9-19(22)26/h2-9,18,20H,10-11H2,1H3,(H2,27,30)/t20-/m1/s1. The van der Waals surface area contributed by atoms with Gasteiger partial charge in [-0.15, -0.1) is 0 Å². The fourth-order valence-corrected chi connectivity index (χ4v) is 4.86. The Bertz CT molecular complexity index is 1270. The van der Waals surface area contributed by atoms with Crippen molar-refractivity contribution >= 4 is 23.4 Å². The van der Waals surface area contributed by atoms with E-state index in [-0.39, 0.29) is 35.7 Å². The zero-order chi connectivity index (χ0) is 22.6. The quantitative estimate of drug-likeness (QED) is 0.751. The molecule has 1 aromatic carbocycles. The molecule has 0 saturated carbocycles. The highest BCUT2D eigenvalue weighted by Crippen LogP contribution is 2.47. The Hall–Kier alpha value is -3.45. The summed E-state index contributed by atoms with van der Waals surface area (Å²) in [5.41, 5.74) is 9.18. The molecule has 32 heavy (non-hydrogen) atoms. The number of pyridine rings is 1. The summed E-state index contributed by atoms with van der Waals surface area (Å²) in [5, 5.41) is 0.228. The van der Waals surface area contributed by atoms with E-state index in [1.165, 1.54) is 6.07 Å². The topological polar surface area (TPSA) is 85.5 Å². The molecule has 2 aliphatic carbocycles. The van der Waals surface area contributed by atoms with Crippen LogP contribution in [0.5, 0.6) is 5.75 Å². The fourth-order valence-electron chi connectivity index (χ4n) is 4.64. The average Bonchev–Trinajstić information content (AvgIpc) is 3.18. The lowest BCUT2D eigenvalue weighted by Gasteiger charge is -2.41. The highest BCUT2D eigenvalue weighted by molar-refractivity contribution is 6.30. The van der Waals surface area contributed by atoms with Crippen LogP contribution in [0.1, 0.15) is 27.7 Å². The van der Waals surface area contributed by atoms with Crippen LogP contribution in [0.2, 0.25) is 5.02 Å². The smallest absolute Gasteiger partial charge is 0.256 e. The van der Waals surface area contributed by atoms with E-state index in [4.69, 9.17) is 22.1 Å². The number of rotatable bonds is 5. The monoisotopic (exact) mass is 451 g/mol. The Kier molecular flexibility index (Phi) is 4.86. The van der Waals surface area contributed by atoms with Crippen molar-refractivity contribution in [2.75, 3.05) is 13.2 Å². The van der Waals surface area contributed by atoms with Crippen molar-refractivity contribution in [3.8, 4) is 5.75 Å². The Morgan fingerprint density at radius 3 is 2.88 bits per heavy atom. The number of carbonyl (C=O) groups excluding carboxylic acids is 2. The van der Waals surface area contributed by atoms with Gasteiger partial charge in [-0.05, 0) is 42.3 Å². The highest BCUT2D eigenvalue weighted by atomic mass is 35.5. The summed E-state index contributed by atoms with van der Waals surface area (Å²) in [5.74, 6) is -1.38. The lowest BCUT2D eigenvalue weighted by atomic mass is 9.69. The molecule has 2 aromatic rings. The van der Waals surface area contributed by atoms with Crippen molar-refractivity contribution < 1.29 is 18.7 Å². The third-order valence-electron chi connectivity index (χ3n) is 6.16. The number of ether oxygens (including phenoxy) is 1. The number of primary amides is 1. The van der Waals surface area contributed by atoms with Crippen LogP contribution in [-0.2, 0) is 4.79 Å². The Morgan fingerprint density at radius 1 is 1.38 bits per heavy atom. The Morgan fingerprint density at radius 2 is 2.19 bits per heavy atom. The van der Waals surface area contributed by atoms with E-state index in [9.17, 15) is 14.0 Å². The molecule has 2 N–H and O–H groups in total. The summed E-state index contributed by atoms with van der Waals surface area (Å²) in [6.07, 6.45) is 7.15. The van der Waals surface area contributed by atoms with Crippen molar-refractivity contribution in [1.29, 1.82) is 0 Å². The molecule has 162 valence electrons. The molecule has 1 unspecified atom stereocenters. The van der Waals surface area contributed by atoms with Crippen molar-refractivity contribution in [1.82, 2.24) is 9.88 Å². The highest BCUT2D eigenvalue weighted by Gasteiger charge is 2.43. The molecule has 3 aliphatic rings. The van der Waals surface area contributed by atoms with Gasteiger partial charge in [0.15, 0.2) is 11.6 Å². The summed E-state index contributed by atoms with van der Waals surface area (Å²) < 4.78 is 20.1. The number of halogens is 2. The van der Waals surface area contributed by atoms with Crippen molar-refractivity contribution in [2.45, 2.75) is 13.0 Å². The molecule has 2 amide bonds. The number of carbonyl (C=O) groups is 2. The van der Waals surface area contributed by atoms with Gasteiger partial charge in [0.05, 0.1) is 11.6 Å². The number of hydrogen-bond donors (Lipinski definition) is 1. The first-order valence-electron chi connectivity index (χ1n) is 10.1. The van der Waals surface area contributed by atoms with Gasteiger partial charge in [-0.2, -0.15) is 0 Å². The number of hydrogen-bond acceptors (Lipinski definition) is 4. The average molecular weight is 452 g/mol. The molecular formula is C24H19ClFN3O3. The van der Waals surface area contributed by atoms with Crippen molar-refractivity contribution in [3.63, 3.8) is 0 Å². The van der Waals surface area contributed by atoms with Crippen LogP contribution >= 0.6 is 11.6 Å². The van der Waals surface area contributed by atoms with E-state index in [1.807, 2.05) is 18.2 Å². The van der Waals surface area contributed by atoms with Gasteiger partial charge >= 0.3 is 0 Å². The van der Waals surface area contributed by atoms with E-state index in [1.54, 1.807) is 36.2 Å². The minimum absolute atomic E-state index is 0.0982. The summed E-state index contributed by atoms with van der Waals surface area (Å²) in [7, 11) is 0. The Balaban J connectivity index is 1.56. The van der Waals surface area contributed by atoms with Gasteiger partial charge in [0.2, 0.25) is 5.91 Å². The van der Waals surface area contributed by atoms with Gasteiger partial charge in [-0.3, -0.25) is 14.6 Å². The molecule has 0 fully saturated rings. The number of benzene rings is 1. The van der Waals surface area contributed by atoms with Gasteiger partial charge in [0.1, 0.15) is 6.61 Å². The molecule has 6 nitrogen and oxygen atoms in total. The number of aromatic nitrogens is 1. The first-order chi connectivity index (χ1) is 15.4. The number of amides is 2. The number of aryl methyl sites for hydroxylation is 1. The van der Waals surface area contributed by atoms with Crippen LogP contribution in [-0.4, -0.2) is 34.8 Å². The zero-order valence-corrected chi connectivity index (χ0v) is 17.9. The molecule has 0 saturated heterocycles. The molecule has 2 atom stereocenters. The van der Waals surface area contributed by atoms with Crippen molar-refractivity contribution in [3.05, 3.63) is 93.1 Å². The van der Waals surface area contributed by atoms with Crippen LogP contribution in [0.4, 0.5) is 4.39 Å². The number of fused-ring (bicyclic) bond motifs is 3. The van der Waals surface area contributed by atoms with Gasteiger partial charge in [-0.1, -0.05) is 29.8 Å². The number of allylic oxidation sites excluding steroid dienone is 3. The maximum Gasteiger partial charge on any atom is 0.256 e. The van der Waals surface area contributed by atoms with Crippen LogP contribution in [0.15, 0.2) is 65.4 Å². The van der Waals surface area contributed by atoms with Crippen LogP contribution in [0.25, 0.3) is 0 Å². The zero-order valence-electron chi connectivity index (χ0n) is 17.1. The predicted octanol–water partition coefficient (Wildman–Crippen LogP) is 3.67. The van der Waals surface area contributed by atoms with E-state index >= 15 is 0 Å². The lowest BCUT2D eigenvalue weighted by molar-refractivity contribution is -0.114. The molecular weight excluding hydrogens is 433 g/mol. The van der Waals surface area contributed by atoms with E-state index < -0.39 is 17.8 Å². The van der Waals surface area contributed by atoms with Crippen molar-refractivity contribution in [2.24, 2.45) is 11.7 Å². The van der Waals surface area contributed by atoms with E-state index in [0.717, 1.165) is 11.1 Å². The van der Waals surface area contributed by atoms with Gasteiger partial charge < -0.3 is 15.4 Å². The third kappa shape index (κ3) is 3.12. The molecule has 0 radical (unpaired) electrons. The normalized spacial score (nSPS) is 20.3. The van der Waals surface area contributed by atoms with Crippen LogP contribution in [0, 0.1) is 18.7 Å². The van der Waals surface area contributed by atoms with Gasteiger partial charge in [0, 0.05) is 40.5 Å². The van der Waals surface area contributed by atoms with Gasteiger partial charge in [-0.25, -0.2) is 4.39 Å². The second-order valence-corrected chi connectivity index (χ2v) is 8.39. The molecule has 2 bridgehead atoms. The third-order valence-corrected chi connectivity index (χ3v) is 6.38. The first-order valence-corrected chi connectivity index (χ1v) is 10.5. The van der Waals surface area contributed by atoms with E-state index in [0.29, 0.717) is 22.4 Å². The minimum Gasteiger partial charge on any atom is -0.488 e. The maximum atomic E-state index is 14.4. The predicted molar refractivity (Wildman–Crippen MR) is 117 cm³/mol. The summed E-state index contributed by atoms with van der Waals surface area (Å²) in [6.45, 7) is 2.14. The van der Waals surface area contributed by atoms with Crippen LogP contribution in [0.3, 0.4) is 0 Å². The summed E-state index contributed by atoms with van der Waals surface area (Å²) >= 11 is 6.11. The SMILES string of the molecule is Cc1ncccc1C(=O)N(CC1c2cccc1c2C(N)=O)[C@@H]1COc2c(F)cc(Cl)cc21. The number of nitrogens with zero attached hydrogens (tertiary/aromatic N) is 2. The minimum atomic E-state index is -0.565. The Labute approximate surface area is 188 Å². The first kappa shape index (κ1) is 20.5. The largest absolute Gasteiger partial charge is 0.488 e. The molecule has 8 heteroatoms. The van der Waals surface area contributed by atoms with E-state index in [2.05, 4.69) is 4.98 Å². The lowest BCUT2D eigenvalue weighted by Crippen LogP contribution is -2.44. The molecule has 1 aromatic heterocycles. The molecule has 2 heterocycles. The maximum absolute atomic E-state index is 14.4. The molecule has 0 spiro atoms. The summed E-state index contributed by atoms with van der Waals surface area (Å²) in [4.78, 5) is 31.4. The van der Waals surface area contributed by atoms with Gasteiger partial charge in [0.25, 0.3) is 5.91 Å².